The second-order valence-electron chi connectivity index (χ2n) is 7.69. The molecule has 2 aliphatic rings. The van der Waals surface area contributed by atoms with Gasteiger partial charge in [0, 0.05) is 0 Å². The minimum atomic E-state index is -0.662. The Labute approximate surface area is 178 Å². The van der Waals surface area contributed by atoms with Crippen LogP contribution in [0, 0.1) is 6.92 Å². The van der Waals surface area contributed by atoms with Crippen LogP contribution in [0.5, 0.6) is 11.5 Å². The van der Waals surface area contributed by atoms with Crippen molar-refractivity contribution in [3.05, 3.63) is 78.4 Å². The van der Waals surface area contributed by atoms with E-state index in [1.54, 1.807) is 0 Å². The van der Waals surface area contributed by atoms with Crippen molar-refractivity contribution in [1.29, 1.82) is 0 Å². The molecule has 4 nitrogen and oxygen atoms in total. The van der Waals surface area contributed by atoms with Crippen molar-refractivity contribution < 1.29 is 18.9 Å². The van der Waals surface area contributed by atoms with Crippen molar-refractivity contribution in [1.82, 2.24) is 0 Å². The Bertz CT molecular complexity index is 902. The number of hydrogen-bond donors (Lipinski definition) is 0. The summed E-state index contributed by atoms with van der Waals surface area (Å²) in [5, 5.41) is 3.92. The van der Waals surface area contributed by atoms with Crippen LogP contribution in [0.3, 0.4) is 0 Å². The minimum absolute atomic E-state index is 0.265. The first-order valence-corrected chi connectivity index (χ1v) is 11.6. The molecule has 0 saturated carbocycles. The largest absolute Gasteiger partial charge is 0.491 e. The second-order valence-corrected chi connectivity index (χ2v) is 9.91. The molecule has 2 aliphatic heterocycles. The van der Waals surface area contributed by atoms with Crippen molar-refractivity contribution in [2.75, 3.05) is 26.4 Å². The highest BCUT2D eigenvalue weighted by atomic mass is 31.1. The number of benzene rings is 3. The summed E-state index contributed by atoms with van der Waals surface area (Å²) in [6.07, 6.45) is 0.531. The molecule has 30 heavy (non-hydrogen) atoms. The van der Waals surface area contributed by atoms with Crippen molar-refractivity contribution in [2.24, 2.45) is 0 Å². The molecule has 0 bridgehead atoms. The van der Waals surface area contributed by atoms with Crippen molar-refractivity contribution in [3.8, 4) is 11.5 Å². The van der Waals surface area contributed by atoms with Crippen molar-refractivity contribution >= 4 is 23.8 Å². The number of hydrogen-bond acceptors (Lipinski definition) is 4. The molecule has 0 N–H and O–H groups in total. The van der Waals surface area contributed by atoms with Gasteiger partial charge in [-0.3, -0.25) is 0 Å². The Hall–Kier alpha value is -2.39. The third-order valence-electron chi connectivity index (χ3n) is 5.16. The molecule has 0 amide bonds. The van der Waals surface area contributed by atoms with Crippen LogP contribution in [0.15, 0.2) is 72.8 Å². The lowest BCUT2D eigenvalue weighted by Gasteiger charge is -2.20. The van der Waals surface area contributed by atoms with E-state index in [2.05, 4.69) is 79.7 Å². The van der Waals surface area contributed by atoms with E-state index in [9.17, 15) is 0 Å². The summed E-state index contributed by atoms with van der Waals surface area (Å²) < 4.78 is 22.1. The third-order valence-corrected chi connectivity index (χ3v) is 7.60. The quantitative estimate of drug-likeness (QED) is 0.394. The number of aryl methyl sites for hydroxylation is 1. The van der Waals surface area contributed by atoms with Gasteiger partial charge in [-0.2, -0.15) is 0 Å². The maximum absolute atomic E-state index is 5.81. The van der Waals surface area contributed by atoms with Gasteiger partial charge in [-0.15, -0.1) is 0 Å². The fraction of sp³-hybridized carbons (Fsp3) is 0.280. The monoisotopic (exact) mass is 420 g/mol. The summed E-state index contributed by atoms with van der Waals surface area (Å²) in [4.78, 5) is 0. The summed E-state index contributed by atoms with van der Waals surface area (Å²) in [5.74, 6) is 1.78. The Kier molecular flexibility index (Phi) is 5.72. The second kappa shape index (κ2) is 8.77. The maximum atomic E-state index is 5.81. The summed E-state index contributed by atoms with van der Waals surface area (Å²) in [6.45, 7) is 4.99. The normalized spacial score (nSPS) is 20.4. The van der Waals surface area contributed by atoms with Crippen LogP contribution in [0.2, 0.25) is 0 Å². The molecular formula is C25H25O4P. The molecule has 0 spiro atoms. The fourth-order valence-electron chi connectivity index (χ4n) is 3.23. The van der Waals surface area contributed by atoms with Gasteiger partial charge < -0.3 is 18.9 Å². The van der Waals surface area contributed by atoms with Crippen molar-refractivity contribution in [3.63, 3.8) is 0 Å². The molecule has 0 aromatic heterocycles. The fourth-order valence-corrected chi connectivity index (χ4v) is 5.47. The van der Waals surface area contributed by atoms with Gasteiger partial charge in [-0.05, 0) is 55.0 Å². The van der Waals surface area contributed by atoms with Crippen LogP contribution < -0.4 is 25.4 Å². The molecule has 5 heteroatoms. The van der Waals surface area contributed by atoms with Crippen LogP contribution >= 0.6 is 7.92 Å². The van der Waals surface area contributed by atoms with Gasteiger partial charge in [-0.25, -0.2) is 0 Å². The van der Waals surface area contributed by atoms with E-state index in [0.29, 0.717) is 13.2 Å². The van der Waals surface area contributed by atoms with E-state index < -0.39 is 7.92 Å². The number of ether oxygens (including phenoxy) is 4. The molecule has 0 aliphatic carbocycles. The molecule has 5 rings (SSSR count). The number of rotatable bonds is 9. The van der Waals surface area contributed by atoms with Gasteiger partial charge in [0.2, 0.25) is 0 Å². The van der Waals surface area contributed by atoms with E-state index in [1.807, 2.05) is 0 Å². The van der Waals surface area contributed by atoms with Gasteiger partial charge in [0.25, 0.3) is 0 Å². The molecule has 3 aromatic rings. The standard InChI is InChI=1S/C25H25O4P/c1-18-2-8-23(9-3-18)30(24-10-4-19(5-11-24)26-14-21-16-28-21)25-12-6-20(7-13-25)27-15-22-17-29-22/h2-13,21-22H,14-17H2,1H3. The van der Waals surface area contributed by atoms with Crippen LogP contribution in [-0.4, -0.2) is 38.6 Å². The smallest absolute Gasteiger partial charge is 0.119 e. The minimum Gasteiger partial charge on any atom is -0.491 e. The van der Waals surface area contributed by atoms with Gasteiger partial charge in [-0.1, -0.05) is 54.1 Å². The molecule has 2 saturated heterocycles. The van der Waals surface area contributed by atoms with Crippen LogP contribution in [0.1, 0.15) is 5.56 Å². The van der Waals surface area contributed by atoms with Crippen LogP contribution in [0.25, 0.3) is 0 Å². The van der Waals surface area contributed by atoms with E-state index in [1.165, 1.54) is 21.5 Å². The highest BCUT2D eigenvalue weighted by Crippen LogP contribution is 2.34. The zero-order chi connectivity index (χ0) is 20.3. The first-order chi connectivity index (χ1) is 14.7. The molecule has 2 atom stereocenters. The first-order valence-electron chi connectivity index (χ1n) is 10.3. The lowest BCUT2D eigenvalue weighted by Crippen LogP contribution is -2.20. The van der Waals surface area contributed by atoms with Crippen molar-refractivity contribution in [2.45, 2.75) is 19.1 Å². The average molecular weight is 420 g/mol. The molecule has 2 heterocycles. The summed E-state index contributed by atoms with van der Waals surface area (Å²) >= 11 is 0. The molecule has 3 aromatic carbocycles. The van der Waals surface area contributed by atoms with Gasteiger partial charge >= 0.3 is 0 Å². The first kappa shape index (κ1) is 19.6. The molecule has 2 unspecified atom stereocenters. The highest BCUT2D eigenvalue weighted by molar-refractivity contribution is 7.79. The predicted octanol–water partition coefficient (Wildman–Crippen LogP) is 3.31. The van der Waals surface area contributed by atoms with Crippen LogP contribution in [0.4, 0.5) is 0 Å². The maximum Gasteiger partial charge on any atom is 0.119 e. The summed E-state index contributed by atoms with van der Waals surface area (Å²) in [5.41, 5.74) is 1.27. The summed E-state index contributed by atoms with van der Waals surface area (Å²) in [6, 6.07) is 25.8. The third kappa shape index (κ3) is 5.02. The van der Waals surface area contributed by atoms with E-state index >= 15 is 0 Å². The number of epoxide rings is 2. The molecule has 154 valence electrons. The lowest BCUT2D eigenvalue weighted by atomic mass is 10.2. The Morgan fingerprint density at radius 1 is 0.667 bits per heavy atom. The Morgan fingerprint density at radius 3 is 1.40 bits per heavy atom. The zero-order valence-electron chi connectivity index (χ0n) is 17.0. The lowest BCUT2D eigenvalue weighted by molar-refractivity contribution is 0.263. The Balaban J connectivity index is 1.38. The van der Waals surface area contributed by atoms with E-state index in [-0.39, 0.29) is 12.2 Å². The topological polar surface area (TPSA) is 43.5 Å². The van der Waals surface area contributed by atoms with Crippen LogP contribution in [-0.2, 0) is 9.47 Å². The van der Waals surface area contributed by atoms with E-state index in [4.69, 9.17) is 18.9 Å². The predicted molar refractivity (Wildman–Crippen MR) is 120 cm³/mol. The van der Waals surface area contributed by atoms with Gasteiger partial charge in [0.1, 0.15) is 36.9 Å². The molecule has 0 radical (unpaired) electrons. The Morgan fingerprint density at radius 2 is 1.03 bits per heavy atom. The summed E-state index contributed by atoms with van der Waals surface area (Å²) in [7, 11) is -0.662. The van der Waals surface area contributed by atoms with Gasteiger partial charge in [0.05, 0.1) is 13.2 Å². The zero-order valence-corrected chi connectivity index (χ0v) is 17.9. The van der Waals surface area contributed by atoms with E-state index in [0.717, 1.165) is 24.7 Å². The SMILES string of the molecule is Cc1ccc(P(c2ccc(OCC3CO3)cc2)c2ccc(OCC3CO3)cc2)cc1. The van der Waals surface area contributed by atoms with Gasteiger partial charge in [0.15, 0.2) is 0 Å². The highest BCUT2D eigenvalue weighted by Gasteiger charge is 2.24. The molecule has 2 fully saturated rings. The molecular weight excluding hydrogens is 395 g/mol. The average Bonchev–Trinajstić information content (AvgIpc) is 3.69.